The first-order valence-electron chi connectivity index (χ1n) is 4.35. The van der Waals surface area contributed by atoms with Gasteiger partial charge in [0.05, 0.1) is 5.60 Å². The largest absolute Gasteiger partial charge is 0.386 e. The van der Waals surface area contributed by atoms with Crippen LogP contribution in [0.2, 0.25) is 0 Å². The highest BCUT2D eigenvalue weighted by atomic mass is 16.3. The topological polar surface area (TPSA) is 20.2 Å². The van der Waals surface area contributed by atoms with Gasteiger partial charge in [0.1, 0.15) is 0 Å². The third kappa shape index (κ3) is 6.17. The van der Waals surface area contributed by atoms with Crippen LogP contribution in [0.4, 0.5) is 0 Å². The second-order valence-electron chi connectivity index (χ2n) is 4.06. The Bertz CT molecular complexity index is 189. The van der Waals surface area contributed by atoms with Crippen molar-refractivity contribution in [1.29, 1.82) is 0 Å². The van der Waals surface area contributed by atoms with E-state index in [1.54, 1.807) is 0 Å². The molecule has 1 unspecified atom stereocenters. The smallest absolute Gasteiger partial charge is 0.0836 e. The molecule has 0 rings (SSSR count). The lowest BCUT2D eigenvalue weighted by molar-refractivity contribution is 0.114. The van der Waals surface area contributed by atoms with Crippen molar-refractivity contribution in [1.82, 2.24) is 0 Å². The van der Waals surface area contributed by atoms with Crippen molar-refractivity contribution < 1.29 is 5.11 Å². The summed E-state index contributed by atoms with van der Waals surface area (Å²) in [6, 6.07) is 0. The quantitative estimate of drug-likeness (QED) is 0.642. The molecule has 12 heavy (non-hydrogen) atoms. The Morgan fingerprint density at radius 2 is 1.67 bits per heavy atom. The predicted octanol–water partition coefficient (Wildman–Crippen LogP) is 3.06. The zero-order chi connectivity index (χ0) is 9.78. The third-order valence-corrected chi connectivity index (χ3v) is 1.52. The first-order chi connectivity index (χ1) is 5.33. The minimum atomic E-state index is -0.684. The van der Waals surface area contributed by atoms with Crippen LogP contribution in [0.25, 0.3) is 0 Å². The van der Waals surface area contributed by atoms with Gasteiger partial charge in [-0.05, 0) is 41.0 Å². The fraction of sp³-hybridized carbons (Fsp3) is 0.636. The number of hydrogen-bond acceptors (Lipinski definition) is 1. The van der Waals surface area contributed by atoms with E-state index in [2.05, 4.69) is 6.08 Å². The minimum absolute atomic E-state index is 0.684. The molecule has 0 aliphatic carbocycles. The van der Waals surface area contributed by atoms with Crippen LogP contribution >= 0.6 is 0 Å². The summed E-state index contributed by atoms with van der Waals surface area (Å²) in [5.41, 5.74) is 1.72. The van der Waals surface area contributed by atoms with E-state index in [0.29, 0.717) is 6.42 Å². The van der Waals surface area contributed by atoms with Gasteiger partial charge >= 0.3 is 0 Å². The van der Waals surface area contributed by atoms with E-state index in [1.165, 1.54) is 5.57 Å². The van der Waals surface area contributed by atoms with Gasteiger partial charge in [0.15, 0.2) is 0 Å². The molecular weight excluding hydrogens is 148 g/mol. The molecular formula is C11H20O. The van der Waals surface area contributed by atoms with Crippen LogP contribution in [0.15, 0.2) is 23.3 Å². The van der Waals surface area contributed by atoms with E-state index in [9.17, 15) is 5.11 Å². The molecule has 0 amide bonds. The van der Waals surface area contributed by atoms with Crippen LogP contribution in [0.3, 0.4) is 0 Å². The Balaban J connectivity index is 4.24. The minimum Gasteiger partial charge on any atom is -0.386 e. The molecule has 0 fully saturated rings. The summed E-state index contributed by atoms with van der Waals surface area (Å²) < 4.78 is 0. The molecule has 0 bridgehead atoms. The molecule has 0 aliphatic rings. The molecule has 1 N–H and O–H groups in total. The summed E-state index contributed by atoms with van der Waals surface area (Å²) >= 11 is 0. The average Bonchev–Trinajstić information content (AvgIpc) is 1.81. The lowest BCUT2D eigenvalue weighted by atomic mass is 9.98. The second kappa shape index (κ2) is 4.46. The normalized spacial score (nSPS) is 14.8. The summed E-state index contributed by atoms with van der Waals surface area (Å²) in [6.07, 6.45) is 4.65. The van der Waals surface area contributed by atoms with Crippen LogP contribution in [0.5, 0.6) is 0 Å². The maximum atomic E-state index is 9.81. The van der Waals surface area contributed by atoms with Crippen molar-refractivity contribution >= 4 is 0 Å². The molecule has 0 saturated carbocycles. The van der Waals surface area contributed by atoms with E-state index in [1.807, 2.05) is 40.7 Å². The molecule has 0 heterocycles. The van der Waals surface area contributed by atoms with Crippen molar-refractivity contribution in [2.45, 2.75) is 46.6 Å². The Morgan fingerprint density at radius 1 is 1.17 bits per heavy atom. The Labute approximate surface area is 75.8 Å². The fourth-order valence-corrected chi connectivity index (χ4v) is 1.09. The van der Waals surface area contributed by atoms with Crippen molar-refractivity contribution in [2.24, 2.45) is 0 Å². The Morgan fingerprint density at radius 3 is 2.00 bits per heavy atom. The number of rotatable bonds is 3. The highest BCUT2D eigenvalue weighted by Gasteiger charge is 2.14. The maximum absolute atomic E-state index is 9.81. The fourth-order valence-electron chi connectivity index (χ4n) is 1.09. The molecule has 0 aromatic rings. The Kier molecular flexibility index (Phi) is 4.25. The van der Waals surface area contributed by atoms with Gasteiger partial charge in [0.25, 0.3) is 0 Å². The standard InChI is InChI=1S/C11H20O/c1-9(2)6-7-11(5,12)8-10(3)4/h6,8,12H,7H2,1-5H3. The summed E-state index contributed by atoms with van der Waals surface area (Å²) in [5, 5.41) is 9.81. The van der Waals surface area contributed by atoms with E-state index < -0.39 is 5.60 Å². The van der Waals surface area contributed by atoms with Gasteiger partial charge in [-0.15, -0.1) is 0 Å². The molecule has 0 spiro atoms. The number of allylic oxidation sites excluding steroid dienone is 2. The van der Waals surface area contributed by atoms with E-state index in [0.717, 1.165) is 5.57 Å². The molecule has 0 saturated heterocycles. The second-order valence-corrected chi connectivity index (χ2v) is 4.06. The van der Waals surface area contributed by atoms with Crippen LogP contribution in [0.1, 0.15) is 41.0 Å². The highest BCUT2D eigenvalue weighted by Crippen LogP contribution is 2.15. The first kappa shape index (κ1) is 11.4. The van der Waals surface area contributed by atoms with Crippen molar-refractivity contribution in [3.05, 3.63) is 23.3 Å². The van der Waals surface area contributed by atoms with Crippen LogP contribution in [-0.4, -0.2) is 10.7 Å². The van der Waals surface area contributed by atoms with Crippen LogP contribution < -0.4 is 0 Å². The predicted molar refractivity (Wildman–Crippen MR) is 54.1 cm³/mol. The first-order valence-corrected chi connectivity index (χ1v) is 4.35. The van der Waals surface area contributed by atoms with E-state index >= 15 is 0 Å². The number of aliphatic hydroxyl groups is 1. The molecule has 0 radical (unpaired) electrons. The summed E-state index contributed by atoms with van der Waals surface area (Å²) in [6.45, 7) is 9.91. The van der Waals surface area contributed by atoms with Gasteiger partial charge in [0, 0.05) is 0 Å². The molecule has 70 valence electrons. The van der Waals surface area contributed by atoms with Crippen molar-refractivity contribution in [2.75, 3.05) is 0 Å². The summed E-state index contributed by atoms with van der Waals surface area (Å²) in [5.74, 6) is 0. The summed E-state index contributed by atoms with van der Waals surface area (Å²) in [7, 11) is 0. The molecule has 1 nitrogen and oxygen atoms in total. The van der Waals surface area contributed by atoms with E-state index in [-0.39, 0.29) is 0 Å². The molecule has 1 atom stereocenters. The molecule has 0 aromatic heterocycles. The molecule has 0 aliphatic heterocycles. The Hall–Kier alpha value is -0.560. The average molecular weight is 168 g/mol. The van der Waals surface area contributed by atoms with Crippen LogP contribution in [-0.2, 0) is 0 Å². The highest BCUT2D eigenvalue weighted by molar-refractivity contribution is 5.09. The summed E-state index contributed by atoms with van der Waals surface area (Å²) in [4.78, 5) is 0. The maximum Gasteiger partial charge on any atom is 0.0836 e. The molecule has 0 aromatic carbocycles. The zero-order valence-electron chi connectivity index (χ0n) is 8.81. The van der Waals surface area contributed by atoms with Crippen molar-refractivity contribution in [3.8, 4) is 0 Å². The lowest BCUT2D eigenvalue weighted by Gasteiger charge is -2.17. The number of hydrogen-bond donors (Lipinski definition) is 1. The van der Waals surface area contributed by atoms with Gasteiger partial charge in [-0.2, -0.15) is 0 Å². The molecule has 1 heteroatoms. The van der Waals surface area contributed by atoms with Gasteiger partial charge in [-0.1, -0.05) is 23.3 Å². The van der Waals surface area contributed by atoms with Crippen LogP contribution in [0, 0.1) is 0 Å². The van der Waals surface area contributed by atoms with Gasteiger partial charge < -0.3 is 5.11 Å². The third-order valence-electron chi connectivity index (χ3n) is 1.52. The SMILES string of the molecule is CC(C)=CCC(C)(O)C=C(C)C. The van der Waals surface area contributed by atoms with Gasteiger partial charge in [-0.25, -0.2) is 0 Å². The van der Waals surface area contributed by atoms with Gasteiger partial charge in [-0.3, -0.25) is 0 Å². The zero-order valence-corrected chi connectivity index (χ0v) is 8.81. The van der Waals surface area contributed by atoms with E-state index in [4.69, 9.17) is 0 Å². The monoisotopic (exact) mass is 168 g/mol. The lowest BCUT2D eigenvalue weighted by Crippen LogP contribution is -2.19. The van der Waals surface area contributed by atoms with Crippen molar-refractivity contribution in [3.63, 3.8) is 0 Å². The van der Waals surface area contributed by atoms with Gasteiger partial charge in [0.2, 0.25) is 0 Å².